The third-order valence-electron chi connectivity index (χ3n) is 3.08. The van der Waals surface area contributed by atoms with Gasteiger partial charge >= 0.3 is 0 Å². The lowest BCUT2D eigenvalue weighted by Crippen LogP contribution is -2.30. The molecule has 0 saturated carbocycles. The normalized spacial score (nSPS) is 12.4. The van der Waals surface area contributed by atoms with Crippen LogP contribution >= 0.6 is 0 Å². The Bertz CT molecular complexity index is 546. The van der Waals surface area contributed by atoms with E-state index in [1.54, 1.807) is 6.20 Å². The molecule has 2 aromatic rings. The first-order valence-electron chi connectivity index (χ1n) is 6.41. The van der Waals surface area contributed by atoms with Crippen LogP contribution in [0.25, 0.3) is 0 Å². The molecule has 0 aliphatic carbocycles. The summed E-state index contributed by atoms with van der Waals surface area (Å²) in [7, 11) is 0. The monoisotopic (exact) mass is 256 g/mol. The number of hydrogen-bond donors (Lipinski definition) is 2. The molecule has 0 spiro atoms. The summed E-state index contributed by atoms with van der Waals surface area (Å²) in [6.07, 6.45) is 2.58. The molecule has 1 aromatic carbocycles. The fraction of sp³-hybridized carbons (Fsp3) is 0.333. The predicted octanol–water partition coefficient (Wildman–Crippen LogP) is 2.15. The zero-order valence-corrected chi connectivity index (χ0v) is 11.6. The van der Waals surface area contributed by atoms with Gasteiger partial charge in [-0.3, -0.25) is 11.3 Å². The molecule has 0 saturated heterocycles. The Kier molecular flexibility index (Phi) is 4.24. The molecule has 0 bridgehead atoms. The summed E-state index contributed by atoms with van der Waals surface area (Å²) in [6.45, 7) is 6.10. The standard InChI is InChI=1S/C15H20N4/c1-10-6-11(2)8-13(7-10)9-15(19-16)14-4-5-17-12(3)18-14/h4-8,15,19H,9,16H2,1-3H3. The Morgan fingerprint density at radius 2 is 1.84 bits per heavy atom. The van der Waals surface area contributed by atoms with Gasteiger partial charge in [0.1, 0.15) is 5.82 Å². The van der Waals surface area contributed by atoms with E-state index in [4.69, 9.17) is 5.84 Å². The van der Waals surface area contributed by atoms with E-state index in [1.165, 1.54) is 16.7 Å². The van der Waals surface area contributed by atoms with Crippen LogP contribution in [-0.2, 0) is 6.42 Å². The average Bonchev–Trinajstić information content (AvgIpc) is 2.34. The highest BCUT2D eigenvalue weighted by Crippen LogP contribution is 2.18. The number of hydrazine groups is 1. The van der Waals surface area contributed by atoms with Crippen LogP contribution in [0.15, 0.2) is 30.5 Å². The zero-order valence-electron chi connectivity index (χ0n) is 11.6. The molecule has 1 heterocycles. The van der Waals surface area contributed by atoms with Gasteiger partial charge in [0.05, 0.1) is 11.7 Å². The van der Waals surface area contributed by atoms with Gasteiger partial charge in [0.15, 0.2) is 0 Å². The van der Waals surface area contributed by atoms with Crippen LogP contribution in [0.4, 0.5) is 0 Å². The highest BCUT2D eigenvalue weighted by atomic mass is 15.2. The van der Waals surface area contributed by atoms with Crippen LogP contribution in [0, 0.1) is 20.8 Å². The Balaban J connectivity index is 2.23. The highest BCUT2D eigenvalue weighted by Gasteiger charge is 2.12. The summed E-state index contributed by atoms with van der Waals surface area (Å²) >= 11 is 0. The zero-order chi connectivity index (χ0) is 13.8. The van der Waals surface area contributed by atoms with Crippen molar-refractivity contribution in [3.8, 4) is 0 Å². The van der Waals surface area contributed by atoms with E-state index in [1.807, 2.05) is 13.0 Å². The number of hydrogen-bond acceptors (Lipinski definition) is 4. The van der Waals surface area contributed by atoms with Gasteiger partial charge in [-0.1, -0.05) is 29.3 Å². The average molecular weight is 256 g/mol. The third kappa shape index (κ3) is 3.59. The summed E-state index contributed by atoms with van der Waals surface area (Å²) < 4.78 is 0. The van der Waals surface area contributed by atoms with E-state index < -0.39 is 0 Å². The molecule has 100 valence electrons. The van der Waals surface area contributed by atoms with E-state index in [-0.39, 0.29) is 6.04 Å². The fourth-order valence-electron chi connectivity index (χ4n) is 2.34. The SMILES string of the molecule is Cc1cc(C)cc(CC(NN)c2ccnc(C)n2)c1. The minimum absolute atomic E-state index is 0.00269. The van der Waals surface area contributed by atoms with E-state index in [0.29, 0.717) is 0 Å². The van der Waals surface area contributed by atoms with Crippen molar-refractivity contribution in [3.05, 3.63) is 58.7 Å². The first-order valence-corrected chi connectivity index (χ1v) is 6.41. The lowest BCUT2D eigenvalue weighted by atomic mass is 10.00. The Morgan fingerprint density at radius 1 is 1.16 bits per heavy atom. The number of rotatable bonds is 4. The van der Waals surface area contributed by atoms with Gasteiger partial charge < -0.3 is 0 Å². The van der Waals surface area contributed by atoms with E-state index in [9.17, 15) is 0 Å². The van der Waals surface area contributed by atoms with Crippen molar-refractivity contribution in [2.75, 3.05) is 0 Å². The van der Waals surface area contributed by atoms with Crippen molar-refractivity contribution in [2.24, 2.45) is 5.84 Å². The van der Waals surface area contributed by atoms with Gasteiger partial charge in [-0.25, -0.2) is 9.97 Å². The molecular formula is C15H20N4. The summed E-state index contributed by atoms with van der Waals surface area (Å²) in [5.41, 5.74) is 7.57. The van der Waals surface area contributed by atoms with Crippen molar-refractivity contribution in [1.29, 1.82) is 0 Å². The first-order chi connectivity index (χ1) is 9.08. The van der Waals surface area contributed by atoms with E-state index >= 15 is 0 Å². The van der Waals surface area contributed by atoms with E-state index in [2.05, 4.69) is 47.4 Å². The molecule has 0 radical (unpaired) electrons. The topological polar surface area (TPSA) is 63.8 Å². The minimum atomic E-state index is 0.00269. The van der Waals surface area contributed by atoms with Crippen molar-refractivity contribution in [3.63, 3.8) is 0 Å². The predicted molar refractivity (Wildman–Crippen MR) is 76.5 cm³/mol. The lowest BCUT2D eigenvalue weighted by molar-refractivity contribution is 0.535. The molecule has 1 atom stereocenters. The van der Waals surface area contributed by atoms with Crippen LogP contribution in [0.2, 0.25) is 0 Å². The van der Waals surface area contributed by atoms with Gasteiger partial charge in [0.25, 0.3) is 0 Å². The molecule has 1 aromatic heterocycles. The second-order valence-corrected chi connectivity index (χ2v) is 4.95. The molecule has 19 heavy (non-hydrogen) atoms. The quantitative estimate of drug-likeness (QED) is 0.650. The molecule has 2 rings (SSSR count). The molecule has 3 N–H and O–H groups in total. The Morgan fingerprint density at radius 3 is 2.42 bits per heavy atom. The number of nitrogens with one attached hydrogen (secondary N) is 1. The second-order valence-electron chi connectivity index (χ2n) is 4.95. The summed E-state index contributed by atoms with van der Waals surface area (Å²) in [5, 5.41) is 0. The maximum atomic E-state index is 5.67. The largest absolute Gasteiger partial charge is 0.271 e. The van der Waals surface area contributed by atoms with E-state index in [0.717, 1.165) is 17.9 Å². The number of nitrogens with two attached hydrogens (primary N) is 1. The third-order valence-corrected chi connectivity index (χ3v) is 3.08. The summed E-state index contributed by atoms with van der Waals surface area (Å²) in [6, 6.07) is 8.45. The molecule has 0 fully saturated rings. The van der Waals surface area contributed by atoms with Crippen LogP contribution in [0.3, 0.4) is 0 Å². The van der Waals surface area contributed by atoms with Crippen LogP contribution < -0.4 is 11.3 Å². The van der Waals surface area contributed by atoms with Crippen molar-refractivity contribution >= 4 is 0 Å². The smallest absolute Gasteiger partial charge is 0.125 e. The van der Waals surface area contributed by atoms with Crippen molar-refractivity contribution in [2.45, 2.75) is 33.2 Å². The minimum Gasteiger partial charge on any atom is -0.271 e. The molecule has 1 unspecified atom stereocenters. The molecule has 0 amide bonds. The Hall–Kier alpha value is -1.78. The molecule has 4 heteroatoms. The summed E-state index contributed by atoms with van der Waals surface area (Å²) in [5.74, 6) is 6.43. The highest BCUT2D eigenvalue weighted by molar-refractivity contribution is 5.29. The number of aromatic nitrogens is 2. The molecule has 0 aliphatic heterocycles. The van der Waals surface area contributed by atoms with Gasteiger partial charge in [0, 0.05) is 6.20 Å². The van der Waals surface area contributed by atoms with Gasteiger partial charge in [0.2, 0.25) is 0 Å². The van der Waals surface area contributed by atoms with Gasteiger partial charge in [-0.15, -0.1) is 0 Å². The number of benzene rings is 1. The summed E-state index contributed by atoms with van der Waals surface area (Å²) in [4.78, 5) is 8.54. The Labute approximate surface area is 114 Å². The van der Waals surface area contributed by atoms with Crippen molar-refractivity contribution in [1.82, 2.24) is 15.4 Å². The van der Waals surface area contributed by atoms with Crippen LogP contribution in [-0.4, -0.2) is 9.97 Å². The molecule has 4 nitrogen and oxygen atoms in total. The van der Waals surface area contributed by atoms with Crippen LogP contribution in [0.5, 0.6) is 0 Å². The fourth-order valence-corrected chi connectivity index (χ4v) is 2.34. The second kappa shape index (κ2) is 5.91. The van der Waals surface area contributed by atoms with Gasteiger partial charge in [-0.05, 0) is 38.8 Å². The lowest BCUT2D eigenvalue weighted by Gasteiger charge is -2.16. The van der Waals surface area contributed by atoms with Crippen molar-refractivity contribution < 1.29 is 0 Å². The maximum absolute atomic E-state index is 5.67. The number of aryl methyl sites for hydroxylation is 3. The van der Waals surface area contributed by atoms with Gasteiger partial charge in [-0.2, -0.15) is 0 Å². The number of nitrogens with zero attached hydrogens (tertiary/aromatic N) is 2. The first kappa shape index (κ1) is 13.6. The molecule has 0 aliphatic rings. The van der Waals surface area contributed by atoms with Crippen LogP contribution in [0.1, 0.15) is 34.3 Å². The molecular weight excluding hydrogens is 236 g/mol. The maximum Gasteiger partial charge on any atom is 0.125 e.